The van der Waals surface area contributed by atoms with E-state index in [9.17, 15) is 4.79 Å². The molecule has 7 heteroatoms. The molecule has 0 aliphatic carbocycles. The van der Waals surface area contributed by atoms with Gasteiger partial charge in [0, 0.05) is 49.6 Å². The number of carbonyl (C=O) groups excluding carboxylic acids is 1. The summed E-state index contributed by atoms with van der Waals surface area (Å²) in [6, 6.07) is 15.5. The van der Waals surface area contributed by atoms with E-state index in [2.05, 4.69) is 20.9 Å². The number of amides is 1. The van der Waals surface area contributed by atoms with Crippen molar-refractivity contribution in [1.29, 1.82) is 0 Å². The molecular formula is C28H32N4O3. The van der Waals surface area contributed by atoms with E-state index in [1.807, 2.05) is 47.4 Å². The molecule has 5 rings (SSSR count). The fourth-order valence-corrected chi connectivity index (χ4v) is 5.07. The summed E-state index contributed by atoms with van der Waals surface area (Å²) < 4.78 is 11.4. The molecule has 35 heavy (non-hydrogen) atoms. The molecule has 2 aliphatic heterocycles. The van der Waals surface area contributed by atoms with Crippen molar-refractivity contribution in [1.82, 2.24) is 19.8 Å². The van der Waals surface area contributed by atoms with Crippen molar-refractivity contribution < 1.29 is 14.3 Å². The van der Waals surface area contributed by atoms with Gasteiger partial charge in [-0.1, -0.05) is 24.3 Å². The molecule has 0 radical (unpaired) electrons. The van der Waals surface area contributed by atoms with Crippen molar-refractivity contribution >= 4 is 5.91 Å². The number of nitrogens with zero attached hydrogens (tertiary/aromatic N) is 4. The van der Waals surface area contributed by atoms with Gasteiger partial charge in [0.05, 0.1) is 7.11 Å². The van der Waals surface area contributed by atoms with E-state index >= 15 is 0 Å². The lowest BCUT2D eigenvalue weighted by atomic mass is 9.93. The molecule has 1 aromatic heterocycles. The summed E-state index contributed by atoms with van der Waals surface area (Å²) >= 11 is 0. The monoisotopic (exact) mass is 472 g/mol. The number of hydrogen-bond acceptors (Lipinski definition) is 6. The Morgan fingerprint density at radius 2 is 1.77 bits per heavy atom. The molecule has 2 aliphatic rings. The Kier molecular flexibility index (Phi) is 7.23. The number of methoxy groups -OCH3 is 1. The average molecular weight is 473 g/mol. The fourth-order valence-electron chi connectivity index (χ4n) is 5.07. The third kappa shape index (κ3) is 5.46. The van der Waals surface area contributed by atoms with Crippen LogP contribution in [0.4, 0.5) is 0 Å². The molecule has 2 saturated heterocycles. The van der Waals surface area contributed by atoms with Crippen LogP contribution in [0.25, 0.3) is 0 Å². The van der Waals surface area contributed by atoms with Crippen molar-refractivity contribution in [2.45, 2.75) is 38.1 Å². The molecule has 182 valence electrons. The second-order valence-corrected chi connectivity index (χ2v) is 9.26. The number of carbonyl (C=O) groups is 1. The Morgan fingerprint density at radius 1 is 0.971 bits per heavy atom. The Labute approximate surface area is 206 Å². The van der Waals surface area contributed by atoms with Gasteiger partial charge in [-0.3, -0.25) is 14.7 Å². The van der Waals surface area contributed by atoms with Crippen molar-refractivity contribution in [3.05, 3.63) is 77.7 Å². The molecule has 0 saturated carbocycles. The Hall–Kier alpha value is -3.45. The van der Waals surface area contributed by atoms with Gasteiger partial charge in [-0.15, -0.1) is 0 Å². The highest BCUT2D eigenvalue weighted by Crippen LogP contribution is 2.34. The molecule has 1 unspecified atom stereocenters. The van der Waals surface area contributed by atoms with Gasteiger partial charge in [0.1, 0.15) is 17.2 Å². The lowest BCUT2D eigenvalue weighted by molar-refractivity contribution is 0.0702. The van der Waals surface area contributed by atoms with Gasteiger partial charge in [0.2, 0.25) is 5.88 Å². The molecule has 3 heterocycles. The maximum absolute atomic E-state index is 13.6. The molecule has 2 fully saturated rings. The zero-order valence-corrected chi connectivity index (χ0v) is 20.2. The standard InChI is InChI=1S/C28H32N4O3/c1-34-23-10-6-11-24(18-23)35-27-26(29-13-14-30-27)22-9-7-17-32(20-22)28(33)25-12-3-2-8-21(25)19-31-15-4-5-16-31/h2-3,6,8,10-14,18,22H,4-5,7,9,15-17,19-20H2,1H3. The lowest BCUT2D eigenvalue weighted by Gasteiger charge is -2.33. The maximum atomic E-state index is 13.6. The smallest absolute Gasteiger partial charge is 0.254 e. The van der Waals surface area contributed by atoms with E-state index < -0.39 is 0 Å². The van der Waals surface area contributed by atoms with Crippen molar-refractivity contribution in [3.63, 3.8) is 0 Å². The SMILES string of the molecule is COc1cccc(Oc2nccnc2C2CCCN(C(=O)c3ccccc3CN3CCCC3)C2)c1. The highest BCUT2D eigenvalue weighted by molar-refractivity contribution is 5.95. The van der Waals surface area contributed by atoms with Gasteiger partial charge >= 0.3 is 0 Å². The van der Waals surface area contributed by atoms with Crippen LogP contribution in [0.15, 0.2) is 60.9 Å². The summed E-state index contributed by atoms with van der Waals surface area (Å²) in [7, 11) is 1.63. The molecule has 3 aromatic rings. The summed E-state index contributed by atoms with van der Waals surface area (Å²) in [6.07, 6.45) is 7.66. The first-order valence-corrected chi connectivity index (χ1v) is 12.4. The van der Waals surface area contributed by atoms with Crippen LogP contribution < -0.4 is 9.47 Å². The second-order valence-electron chi connectivity index (χ2n) is 9.26. The van der Waals surface area contributed by atoms with Crippen LogP contribution in [0.2, 0.25) is 0 Å². The molecule has 0 bridgehead atoms. The topological polar surface area (TPSA) is 67.8 Å². The van der Waals surface area contributed by atoms with Crippen LogP contribution in [0.3, 0.4) is 0 Å². The highest BCUT2D eigenvalue weighted by atomic mass is 16.5. The van der Waals surface area contributed by atoms with Crippen LogP contribution in [-0.4, -0.2) is 59.0 Å². The average Bonchev–Trinajstić information content (AvgIpc) is 3.42. The minimum atomic E-state index is 0.0627. The van der Waals surface area contributed by atoms with E-state index in [0.29, 0.717) is 18.2 Å². The quantitative estimate of drug-likeness (QED) is 0.488. The summed E-state index contributed by atoms with van der Waals surface area (Å²) in [6.45, 7) is 4.40. The van der Waals surface area contributed by atoms with E-state index in [1.54, 1.807) is 19.5 Å². The van der Waals surface area contributed by atoms with Gasteiger partial charge in [-0.2, -0.15) is 0 Å². The first kappa shape index (κ1) is 23.3. The predicted octanol–water partition coefficient (Wildman–Crippen LogP) is 4.89. The summed E-state index contributed by atoms with van der Waals surface area (Å²) in [4.78, 5) is 27.2. The first-order chi connectivity index (χ1) is 17.2. The van der Waals surface area contributed by atoms with Gasteiger partial charge in [-0.25, -0.2) is 4.98 Å². The molecule has 1 atom stereocenters. The molecular weight excluding hydrogens is 440 g/mol. The summed E-state index contributed by atoms with van der Waals surface area (Å²) in [5.41, 5.74) is 2.72. The van der Waals surface area contributed by atoms with Crippen LogP contribution >= 0.6 is 0 Å². The Morgan fingerprint density at radius 3 is 2.63 bits per heavy atom. The van der Waals surface area contributed by atoms with Gasteiger partial charge in [-0.05, 0) is 62.5 Å². The van der Waals surface area contributed by atoms with E-state index in [0.717, 1.165) is 61.6 Å². The van der Waals surface area contributed by atoms with E-state index in [4.69, 9.17) is 9.47 Å². The van der Waals surface area contributed by atoms with E-state index in [1.165, 1.54) is 12.8 Å². The number of aromatic nitrogens is 2. The number of ether oxygens (including phenoxy) is 2. The normalized spacial score (nSPS) is 18.4. The zero-order valence-electron chi connectivity index (χ0n) is 20.2. The maximum Gasteiger partial charge on any atom is 0.254 e. The van der Waals surface area contributed by atoms with Crippen molar-refractivity contribution in [3.8, 4) is 17.4 Å². The third-order valence-corrected chi connectivity index (χ3v) is 6.88. The van der Waals surface area contributed by atoms with E-state index in [-0.39, 0.29) is 11.8 Å². The Balaban J connectivity index is 1.33. The lowest BCUT2D eigenvalue weighted by Crippen LogP contribution is -2.40. The second kappa shape index (κ2) is 10.9. The molecule has 1 amide bonds. The summed E-state index contributed by atoms with van der Waals surface area (Å²) in [5, 5.41) is 0. The van der Waals surface area contributed by atoms with Crippen LogP contribution in [0.5, 0.6) is 17.4 Å². The minimum Gasteiger partial charge on any atom is -0.497 e. The van der Waals surface area contributed by atoms with Crippen LogP contribution in [0, 0.1) is 0 Å². The van der Waals surface area contributed by atoms with Gasteiger partial charge in [0.25, 0.3) is 5.91 Å². The van der Waals surface area contributed by atoms with Gasteiger partial charge < -0.3 is 14.4 Å². The van der Waals surface area contributed by atoms with Crippen molar-refractivity contribution in [2.75, 3.05) is 33.3 Å². The Bertz CT molecular complexity index is 1160. The molecule has 2 aromatic carbocycles. The fraction of sp³-hybridized carbons (Fsp3) is 0.393. The highest BCUT2D eigenvalue weighted by Gasteiger charge is 2.30. The number of benzene rings is 2. The number of rotatable bonds is 7. The van der Waals surface area contributed by atoms with Crippen LogP contribution in [-0.2, 0) is 6.54 Å². The molecule has 0 N–H and O–H groups in total. The zero-order chi connectivity index (χ0) is 24.0. The first-order valence-electron chi connectivity index (χ1n) is 12.4. The molecule has 7 nitrogen and oxygen atoms in total. The number of likely N-dealkylation sites (tertiary alicyclic amines) is 2. The number of hydrogen-bond donors (Lipinski definition) is 0. The largest absolute Gasteiger partial charge is 0.497 e. The third-order valence-electron chi connectivity index (χ3n) is 6.88. The van der Waals surface area contributed by atoms with Gasteiger partial charge in [0.15, 0.2) is 0 Å². The predicted molar refractivity (Wildman–Crippen MR) is 134 cm³/mol. The van der Waals surface area contributed by atoms with Crippen LogP contribution in [0.1, 0.15) is 53.2 Å². The minimum absolute atomic E-state index is 0.0627. The van der Waals surface area contributed by atoms with Crippen molar-refractivity contribution in [2.24, 2.45) is 0 Å². The summed E-state index contributed by atoms with van der Waals surface area (Å²) in [5.74, 6) is 2.01. The molecule has 0 spiro atoms. The number of piperidine rings is 1.